The molecule has 1 N–H and O–H groups in total. The second-order valence-electron chi connectivity index (χ2n) is 3.43. The lowest BCUT2D eigenvalue weighted by molar-refractivity contribution is -0.143. The third-order valence-corrected chi connectivity index (χ3v) is 2.58. The summed E-state index contributed by atoms with van der Waals surface area (Å²) in [6.07, 6.45) is 1.00. The summed E-state index contributed by atoms with van der Waals surface area (Å²) in [6, 6.07) is 5.69. The highest BCUT2D eigenvalue weighted by atomic mass is 79.9. The van der Waals surface area contributed by atoms with Crippen LogP contribution in [0.2, 0.25) is 0 Å². The molecule has 0 aromatic heterocycles. The lowest BCUT2D eigenvalue weighted by Gasteiger charge is -2.05. The van der Waals surface area contributed by atoms with E-state index in [4.69, 9.17) is 9.84 Å². The van der Waals surface area contributed by atoms with E-state index in [1.807, 2.05) is 18.2 Å². The topological polar surface area (TPSA) is 46.5 Å². The van der Waals surface area contributed by atoms with Gasteiger partial charge in [0.15, 0.2) is 0 Å². The molecule has 0 spiro atoms. The molecule has 0 bridgehead atoms. The van der Waals surface area contributed by atoms with Crippen molar-refractivity contribution in [2.45, 2.75) is 26.4 Å². The van der Waals surface area contributed by atoms with Crippen molar-refractivity contribution in [2.75, 3.05) is 6.61 Å². The van der Waals surface area contributed by atoms with Crippen LogP contribution in [0.4, 0.5) is 0 Å². The van der Waals surface area contributed by atoms with Gasteiger partial charge >= 0.3 is 5.97 Å². The number of hydrogen-bond donors (Lipinski definition) is 1. The van der Waals surface area contributed by atoms with Gasteiger partial charge in [-0.05, 0) is 36.6 Å². The third-order valence-electron chi connectivity index (χ3n) is 2.12. The van der Waals surface area contributed by atoms with Crippen molar-refractivity contribution in [3.05, 3.63) is 33.8 Å². The molecule has 4 heteroatoms. The molecule has 0 unspecified atom stereocenters. The van der Waals surface area contributed by atoms with Crippen molar-refractivity contribution in [2.24, 2.45) is 0 Å². The Morgan fingerprint density at radius 3 is 2.69 bits per heavy atom. The Bertz CT molecular complexity index is 363. The second kappa shape index (κ2) is 6.66. The molecule has 0 aliphatic heterocycles. The number of aliphatic hydroxyl groups is 1. The van der Waals surface area contributed by atoms with Crippen molar-refractivity contribution < 1.29 is 14.6 Å². The van der Waals surface area contributed by atoms with Gasteiger partial charge in [0.1, 0.15) is 0 Å². The maximum atomic E-state index is 11.2. The van der Waals surface area contributed by atoms with Gasteiger partial charge in [-0.1, -0.05) is 22.0 Å². The van der Waals surface area contributed by atoms with Gasteiger partial charge in [-0.25, -0.2) is 0 Å². The number of aliphatic hydroxyl groups excluding tert-OH is 1. The fourth-order valence-electron chi connectivity index (χ4n) is 1.43. The average Bonchev–Trinajstić information content (AvgIpc) is 2.26. The van der Waals surface area contributed by atoms with Crippen molar-refractivity contribution in [1.82, 2.24) is 0 Å². The molecule has 88 valence electrons. The van der Waals surface area contributed by atoms with E-state index in [1.165, 1.54) is 0 Å². The van der Waals surface area contributed by atoms with E-state index in [2.05, 4.69) is 15.9 Å². The van der Waals surface area contributed by atoms with E-state index in [0.29, 0.717) is 19.4 Å². The molecule has 0 radical (unpaired) electrons. The second-order valence-corrected chi connectivity index (χ2v) is 4.35. The Kier molecular flexibility index (Phi) is 5.49. The number of halogens is 1. The fraction of sp³-hybridized carbons (Fsp3) is 0.417. The summed E-state index contributed by atoms with van der Waals surface area (Å²) in [7, 11) is 0. The van der Waals surface area contributed by atoms with Crippen LogP contribution in [0.5, 0.6) is 0 Å². The molecule has 0 saturated carbocycles. The Morgan fingerprint density at radius 2 is 2.06 bits per heavy atom. The lowest BCUT2D eigenvalue weighted by Crippen LogP contribution is -2.05. The Labute approximate surface area is 104 Å². The predicted molar refractivity (Wildman–Crippen MR) is 65.0 cm³/mol. The molecule has 0 aliphatic rings. The molecule has 1 aromatic rings. The molecule has 0 heterocycles. The molecular formula is C12H15BrO3. The molecular weight excluding hydrogens is 272 g/mol. The quantitative estimate of drug-likeness (QED) is 0.846. The van der Waals surface area contributed by atoms with E-state index >= 15 is 0 Å². The Morgan fingerprint density at radius 1 is 1.38 bits per heavy atom. The summed E-state index contributed by atoms with van der Waals surface area (Å²) in [6.45, 7) is 2.21. The Balaban J connectivity index is 2.59. The zero-order chi connectivity index (χ0) is 12.0. The van der Waals surface area contributed by atoms with Crippen LogP contribution >= 0.6 is 15.9 Å². The van der Waals surface area contributed by atoms with Gasteiger partial charge in [0.05, 0.1) is 13.2 Å². The Hall–Kier alpha value is -0.870. The standard InChI is InChI=1S/C12H15BrO3/c1-2-16-12(15)4-3-9-5-10(8-14)7-11(13)6-9/h5-7,14H,2-4,8H2,1H3. The molecule has 0 fully saturated rings. The highest BCUT2D eigenvalue weighted by Gasteiger charge is 2.04. The van der Waals surface area contributed by atoms with E-state index in [0.717, 1.165) is 15.6 Å². The summed E-state index contributed by atoms with van der Waals surface area (Å²) in [5.41, 5.74) is 1.86. The minimum atomic E-state index is -0.187. The maximum Gasteiger partial charge on any atom is 0.306 e. The molecule has 0 atom stereocenters. The first-order valence-electron chi connectivity index (χ1n) is 5.20. The van der Waals surface area contributed by atoms with E-state index in [-0.39, 0.29) is 12.6 Å². The van der Waals surface area contributed by atoms with Crippen LogP contribution < -0.4 is 0 Å². The highest BCUT2D eigenvalue weighted by Crippen LogP contribution is 2.17. The molecule has 16 heavy (non-hydrogen) atoms. The van der Waals surface area contributed by atoms with Crippen LogP contribution in [0.3, 0.4) is 0 Å². The first kappa shape index (κ1) is 13.2. The number of ether oxygens (including phenoxy) is 1. The van der Waals surface area contributed by atoms with Crippen LogP contribution in [0.1, 0.15) is 24.5 Å². The number of rotatable bonds is 5. The van der Waals surface area contributed by atoms with Gasteiger partial charge in [-0.3, -0.25) is 4.79 Å². The number of esters is 1. The van der Waals surface area contributed by atoms with Gasteiger partial charge in [0, 0.05) is 10.9 Å². The first-order chi connectivity index (χ1) is 7.65. The minimum Gasteiger partial charge on any atom is -0.466 e. The summed E-state index contributed by atoms with van der Waals surface area (Å²) < 4.78 is 5.77. The number of carbonyl (C=O) groups excluding carboxylic acids is 1. The molecule has 1 aromatic carbocycles. The maximum absolute atomic E-state index is 11.2. The molecule has 0 saturated heterocycles. The largest absolute Gasteiger partial charge is 0.466 e. The fourth-order valence-corrected chi connectivity index (χ4v) is 2.02. The van der Waals surface area contributed by atoms with E-state index < -0.39 is 0 Å². The number of carbonyl (C=O) groups is 1. The van der Waals surface area contributed by atoms with Gasteiger partial charge < -0.3 is 9.84 Å². The zero-order valence-corrected chi connectivity index (χ0v) is 10.8. The molecule has 3 nitrogen and oxygen atoms in total. The van der Waals surface area contributed by atoms with Crippen molar-refractivity contribution in [1.29, 1.82) is 0 Å². The first-order valence-corrected chi connectivity index (χ1v) is 5.99. The monoisotopic (exact) mass is 286 g/mol. The van der Waals surface area contributed by atoms with Gasteiger partial charge in [0.2, 0.25) is 0 Å². The normalized spacial score (nSPS) is 10.2. The third kappa shape index (κ3) is 4.33. The summed E-state index contributed by atoms with van der Waals surface area (Å²) in [5, 5.41) is 9.04. The zero-order valence-electron chi connectivity index (χ0n) is 9.20. The number of benzene rings is 1. The summed E-state index contributed by atoms with van der Waals surface area (Å²) >= 11 is 3.36. The van der Waals surface area contributed by atoms with Crippen molar-refractivity contribution in [3.8, 4) is 0 Å². The van der Waals surface area contributed by atoms with Crippen LogP contribution in [0.15, 0.2) is 22.7 Å². The van der Waals surface area contributed by atoms with E-state index in [9.17, 15) is 4.79 Å². The summed E-state index contributed by atoms with van der Waals surface area (Å²) in [5.74, 6) is -0.187. The van der Waals surface area contributed by atoms with Crippen molar-refractivity contribution in [3.63, 3.8) is 0 Å². The number of hydrogen-bond acceptors (Lipinski definition) is 3. The van der Waals surface area contributed by atoms with Crippen LogP contribution in [0.25, 0.3) is 0 Å². The van der Waals surface area contributed by atoms with Crippen LogP contribution in [0, 0.1) is 0 Å². The minimum absolute atomic E-state index is 0.00580. The summed E-state index contributed by atoms with van der Waals surface area (Å²) in [4.78, 5) is 11.2. The molecule has 0 aliphatic carbocycles. The van der Waals surface area contributed by atoms with Crippen molar-refractivity contribution >= 4 is 21.9 Å². The SMILES string of the molecule is CCOC(=O)CCc1cc(Br)cc(CO)c1. The van der Waals surface area contributed by atoms with Gasteiger partial charge in [0.25, 0.3) is 0 Å². The van der Waals surface area contributed by atoms with Crippen LogP contribution in [-0.2, 0) is 22.6 Å². The average molecular weight is 287 g/mol. The number of aryl methyl sites for hydroxylation is 1. The van der Waals surface area contributed by atoms with Crippen LogP contribution in [-0.4, -0.2) is 17.7 Å². The smallest absolute Gasteiger partial charge is 0.306 e. The molecule has 1 rings (SSSR count). The lowest BCUT2D eigenvalue weighted by atomic mass is 10.1. The van der Waals surface area contributed by atoms with E-state index in [1.54, 1.807) is 6.92 Å². The van der Waals surface area contributed by atoms with Gasteiger partial charge in [-0.2, -0.15) is 0 Å². The van der Waals surface area contributed by atoms with Gasteiger partial charge in [-0.15, -0.1) is 0 Å². The molecule has 0 amide bonds. The highest BCUT2D eigenvalue weighted by molar-refractivity contribution is 9.10. The predicted octanol–water partition coefficient (Wildman–Crippen LogP) is 2.44.